The van der Waals surface area contributed by atoms with Crippen molar-refractivity contribution in [3.05, 3.63) is 89.0 Å². The summed E-state index contributed by atoms with van der Waals surface area (Å²) in [7, 11) is 0. The number of rotatable bonds is 7. The predicted molar refractivity (Wildman–Crippen MR) is 134 cm³/mol. The Morgan fingerprint density at radius 1 is 1.16 bits per heavy atom. The standard InChI is InChI=1S/C27H22FN5O5/c1-3-37-26(35)20-15-33-24(16(20)2)25(18(13-29)14-30-33)38-22-10-9-19(12-21(22)28)31-27(36)32-23(34)11-17-7-5-4-6-8-17/h4-10,12,14-15H,3,11H2,1-2H3,(H2,31,32,34,36). The number of amides is 3. The van der Waals surface area contributed by atoms with Crippen LogP contribution in [0.3, 0.4) is 0 Å². The van der Waals surface area contributed by atoms with Crippen molar-refractivity contribution in [3.8, 4) is 17.6 Å². The number of hydrogen-bond acceptors (Lipinski definition) is 7. The third-order valence-corrected chi connectivity index (χ3v) is 5.49. The molecule has 0 unspecified atom stereocenters. The molecule has 0 fully saturated rings. The summed E-state index contributed by atoms with van der Waals surface area (Å²) in [5, 5.41) is 18.3. The number of imide groups is 1. The van der Waals surface area contributed by atoms with Gasteiger partial charge in [0.1, 0.15) is 17.1 Å². The van der Waals surface area contributed by atoms with Crippen molar-refractivity contribution in [1.82, 2.24) is 14.9 Å². The lowest BCUT2D eigenvalue weighted by Gasteiger charge is -2.12. The van der Waals surface area contributed by atoms with Gasteiger partial charge >= 0.3 is 12.0 Å². The number of aromatic nitrogens is 2. The maximum absolute atomic E-state index is 15.0. The summed E-state index contributed by atoms with van der Waals surface area (Å²) in [4.78, 5) is 36.6. The molecule has 0 aliphatic rings. The number of nitriles is 1. The predicted octanol–water partition coefficient (Wildman–Crippen LogP) is 4.51. The van der Waals surface area contributed by atoms with Crippen molar-refractivity contribution in [1.29, 1.82) is 5.26 Å². The van der Waals surface area contributed by atoms with Crippen LogP contribution >= 0.6 is 0 Å². The number of hydrogen-bond donors (Lipinski definition) is 2. The van der Waals surface area contributed by atoms with Gasteiger partial charge in [0, 0.05) is 18.0 Å². The Morgan fingerprint density at radius 3 is 2.61 bits per heavy atom. The van der Waals surface area contributed by atoms with Gasteiger partial charge in [0.05, 0.1) is 24.8 Å². The topological polar surface area (TPSA) is 135 Å². The highest BCUT2D eigenvalue weighted by Crippen LogP contribution is 2.35. The van der Waals surface area contributed by atoms with Crippen LogP contribution in [-0.4, -0.2) is 34.1 Å². The Bertz CT molecular complexity index is 1580. The van der Waals surface area contributed by atoms with E-state index in [1.165, 1.54) is 29.0 Å². The summed E-state index contributed by atoms with van der Waals surface area (Å²) in [6.45, 7) is 3.49. The third kappa shape index (κ3) is 5.60. The molecule has 11 heteroatoms. The van der Waals surface area contributed by atoms with Crippen LogP contribution in [-0.2, 0) is 16.0 Å². The minimum absolute atomic E-state index is 0.000547. The quantitative estimate of drug-likeness (QED) is 0.346. The molecule has 192 valence electrons. The molecule has 4 aromatic rings. The van der Waals surface area contributed by atoms with Crippen LogP contribution in [0.1, 0.15) is 34.0 Å². The zero-order valence-corrected chi connectivity index (χ0v) is 20.4. The minimum Gasteiger partial charge on any atom is -0.462 e. The first-order chi connectivity index (χ1) is 18.3. The smallest absolute Gasteiger partial charge is 0.340 e. The van der Waals surface area contributed by atoms with Gasteiger partial charge in [-0.1, -0.05) is 30.3 Å². The lowest BCUT2D eigenvalue weighted by atomic mass is 10.1. The van der Waals surface area contributed by atoms with Crippen molar-refractivity contribution < 1.29 is 28.2 Å². The highest BCUT2D eigenvalue weighted by atomic mass is 19.1. The summed E-state index contributed by atoms with van der Waals surface area (Å²) in [6.07, 6.45) is 2.69. The van der Waals surface area contributed by atoms with Crippen molar-refractivity contribution in [3.63, 3.8) is 0 Å². The van der Waals surface area contributed by atoms with Crippen LogP contribution in [0.4, 0.5) is 14.9 Å². The number of benzene rings is 2. The van der Waals surface area contributed by atoms with Crippen LogP contribution < -0.4 is 15.4 Å². The first-order valence-electron chi connectivity index (χ1n) is 11.5. The Balaban J connectivity index is 1.52. The monoisotopic (exact) mass is 515 g/mol. The van der Waals surface area contributed by atoms with Crippen molar-refractivity contribution in [2.24, 2.45) is 0 Å². The fourth-order valence-corrected chi connectivity index (χ4v) is 3.74. The van der Waals surface area contributed by atoms with E-state index in [4.69, 9.17) is 9.47 Å². The molecule has 10 nitrogen and oxygen atoms in total. The highest BCUT2D eigenvalue weighted by Gasteiger charge is 2.22. The highest BCUT2D eigenvalue weighted by molar-refractivity contribution is 6.01. The second kappa shape index (κ2) is 11.2. The lowest BCUT2D eigenvalue weighted by molar-refractivity contribution is -0.119. The Labute approximate surface area is 216 Å². The number of carbonyl (C=O) groups is 3. The van der Waals surface area contributed by atoms with E-state index in [-0.39, 0.29) is 41.3 Å². The van der Waals surface area contributed by atoms with Gasteiger partial charge in [-0.05, 0) is 37.1 Å². The average molecular weight is 516 g/mol. The third-order valence-electron chi connectivity index (χ3n) is 5.49. The molecule has 0 saturated heterocycles. The molecule has 0 saturated carbocycles. The summed E-state index contributed by atoms with van der Waals surface area (Å²) in [5.41, 5.74) is 1.80. The van der Waals surface area contributed by atoms with Crippen molar-refractivity contribution in [2.45, 2.75) is 20.3 Å². The second-order valence-electron chi connectivity index (χ2n) is 8.09. The number of aryl methyl sites for hydroxylation is 1. The largest absolute Gasteiger partial charge is 0.462 e. The van der Waals surface area contributed by atoms with Crippen LogP contribution in [0, 0.1) is 24.1 Å². The second-order valence-corrected chi connectivity index (χ2v) is 8.09. The van der Waals surface area contributed by atoms with E-state index < -0.39 is 23.7 Å². The normalized spacial score (nSPS) is 10.5. The molecule has 0 spiro atoms. The Hall–Kier alpha value is -5.24. The molecule has 2 N–H and O–H groups in total. The zero-order valence-electron chi connectivity index (χ0n) is 20.4. The van der Waals surface area contributed by atoms with Crippen molar-refractivity contribution >= 4 is 29.1 Å². The van der Waals surface area contributed by atoms with Gasteiger partial charge in [-0.3, -0.25) is 10.1 Å². The van der Waals surface area contributed by atoms with Gasteiger partial charge in [0.2, 0.25) is 5.91 Å². The van der Waals surface area contributed by atoms with Gasteiger partial charge in [0.25, 0.3) is 0 Å². The zero-order chi connectivity index (χ0) is 27.2. The number of carbonyl (C=O) groups excluding carboxylic acids is 3. The molecule has 3 amide bonds. The number of nitrogens with zero attached hydrogens (tertiary/aromatic N) is 3. The molecule has 0 aliphatic heterocycles. The summed E-state index contributed by atoms with van der Waals surface area (Å²) in [6, 6.07) is 13.7. The molecule has 2 aromatic carbocycles. The molecule has 2 aromatic heterocycles. The van der Waals surface area contributed by atoms with Gasteiger partial charge < -0.3 is 14.8 Å². The maximum Gasteiger partial charge on any atom is 0.340 e. The van der Waals surface area contributed by atoms with Crippen molar-refractivity contribution in [2.75, 3.05) is 11.9 Å². The summed E-state index contributed by atoms with van der Waals surface area (Å²) in [5.74, 6) is -2.17. The van der Waals surface area contributed by atoms with E-state index in [2.05, 4.69) is 15.7 Å². The number of urea groups is 1. The van der Waals surface area contributed by atoms with Gasteiger partial charge in [-0.2, -0.15) is 10.4 Å². The Kier molecular flexibility index (Phi) is 7.63. The maximum atomic E-state index is 15.0. The molecule has 2 heterocycles. The van der Waals surface area contributed by atoms with E-state index >= 15 is 0 Å². The number of halogens is 1. The average Bonchev–Trinajstić information content (AvgIpc) is 3.23. The first-order valence-corrected chi connectivity index (χ1v) is 11.5. The van der Waals surface area contributed by atoms with Gasteiger partial charge in [-0.15, -0.1) is 0 Å². The van der Waals surface area contributed by atoms with Crippen LogP contribution in [0.15, 0.2) is 60.9 Å². The molecular weight excluding hydrogens is 493 g/mol. The Morgan fingerprint density at radius 2 is 1.92 bits per heavy atom. The van der Waals surface area contributed by atoms with Crippen LogP contribution in [0.2, 0.25) is 0 Å². The van der Waals surface area contributed by atoms with E-state index in [9.17, 15) is 24.0 Å². The summed E-state index contributed by atoms with van der Waals surface area (Å²) >= 11 is 0. The fraction of sp³-hybridized carbons (Fsp3) is 0.148. The number of nitrogens with one attached hydrogen (secondary N) is 2. The molecule has 0 aliphatic carbocycles. The summed E-state index contributed by atoms with van der Waals surface area (Å²) < 4.78 is 27.2. The van der Waals surface area contributed by atoms with E-state index in [0.29, 0.717) is 11.1 Å². The SMILES string of the molecule is CCOC(=O)c1cn2ncc(C#N)c(Oc3ccc(NC(=O)NC(=O)Cc4ccccc4)cc3F)c2c1C. The van der Waals surface area contributed by atoms with Crippen LogP contribution in [0.5, 0.6) is 11.5 Å². The van der Waals surface area contributed by atoms with Crippen LogP contribution in [0.25, 0.3) is 5.52 Å². The fourth-order valence-electron chi connectivity index (χ4n) is 3.74. The minimum atomic E-state index is -0.841. The van der Waals surface area contributed by atoms with Gasteiger partial charge in [-0.25, -0.2) is 18.5 Å². The molecular formula is C27H22FN5O5. The first kappa shape index (κ1) is 25.8. The number of esters is 1. The number of fused-ring (bicyclic) bond motifs is 1. The molecule has 0 atom stereocenters. The molecule has 38 heavy (non-hydrogen) atoms. The van der Waals surface area contributed by atoms with E-state index in [0.717, 1.165) is 11.6 Å². The number of ether oxygens (including phenoxy) is 2. The molecule has 4 rings (SSSR count). The lowest BCUT2D eigenvalue weighted by Crippen LogP contribution is -2.35. The van der Waals surface area contributed by atoms with E-state index in [1.807, 2.05) is 12.1 Å². The molecule has 0 radical (unpaired) electrons. The van der Waals surface area contributed by atoms with E-state index in [1.54, 1.807) is 38.1 Å². The molecule has 0 bridgehead atoms. The van der Waals surface area contributed by atoms with Gasteiger partial charge in [0.15, 0.2) is 17.3 Å². The number of anilines is 1.